The summed E-state index contributed by atoms with van der Waals surface area (Å²) in [5, 5.41) is 0. The van der Waals surface area contributed by atoms with Crippen molar-refractivity contribution in [2.75, 3.05) is 14.2 Å². The quantitative estimate of drug-likeness (QED) is 0.264. The largest absolute Gasteiger partial charge is 0.481 e. The van der Waals surface area contributed by atoms with E-state index in [0.29, 0.717) is 24.3 Å². The fourth-order valence-corrected chi connectivity index (χ4v) is 4.25. The lowest BCUT2D eigenvalue weighted by Gasteiger charge is -2.43. The Bertz CT molecular complexity index is 1190. The molecule has 0 N–H and O–H groups in total. The van der Waals surface area contributed by atoms with Crippen LogP contribution in [-0.4, -0.2) is 36.1 Å². The maximum Gasteiger partial charge on any atom is 0.337 e. The summed E-state index contributed by atoms with van der Waals surface area (Å²) in [6.45, 7) is 5.41. The molecule has 2 aromatic carbocycles. The van der Waals surface area contributed by atoms with Gasteiger partial charge in [0, 0.05) is 6.42 Å². The Morgan fingerprint density at radius 2 is 1.45 bits per heavy atom. The molecule has 0 saturated carbocycles. The normalized spacial score (nSPS) is 14.0. The summed E-state index contributed by atoms with van der Waals surface area (Å²) in [5.74, 6) is -0.879. The molecule has 2 atom stereocenters. The lowest BCUT2D eigenvalue weighted by Crippen LogP contribution is -2.53. The molecule has 38 heavy (non-hydrogen) atoms. The fraction of sp³-hybridized carbons (Fsp3) is 0.357. The highest BCUT2D eigenvalue weighted by molar-refractivity contribution is 7.90. The second-order valence-electron chi connectivity index (χ2n) is 8.72. The summed E-state index contributed by atoms with van der Waals surface area (Å²) in [6.07, 6.45) is 0.793. The first-order valence-corrected chi connectivity index (χ1v) is 12.7. The zero-order valence-corrected chi connectivity index (χ0v) is 22.9. The Balaban J connectivity index is 2.14. The summed E-state index contributed by atoms with van der Waals surface area (Å²) in [6, 6.07) is 20.3. The van der Waals surface area contributed by atoms with Crippen molar-refractivity contribution in [2.24, 2.45) is 0 Å². The SMILES string of the molecule is CCCC(=O)OSOC(=O)C(C)(c1nc(OC)cc(OC)n1)C(C)(OCc1ccccc1)c1ccccc1. The minimum Gasteiger partial charge on any atom is -0.481 e. The minimum absolute atomic E-state index is 0.0404. The molecule has 0 fully saturated rings. The van der Waals surface area contributed by atoms with Crippen molar-refractivity contribution in [1.29, 1.82) is 0 Å². The van der Waals surface area contributed by atoms with Gasteiger partial charge in [0.05, 0.1) is 26.9 Å². The van der Waals surface area contributed by atoms with Gasteiger partial charge in [-0.05, 0) is 31.4 Å². The van der Waals surface area contributed by atoms with Crippen molar-refractivity contribution in [1.82, 2.24) is 9.97 Å². The van der Waals surface area contributed by atoms with E-state index in [-0.39, 0.29) is 30.6 Å². The molecule has 202 valence electrons. The second-order valence-corrected chi connectivity index (χ2v) is 9.19. The first-order valence-electron chi connectivity index (χ1n) is 12.1. The van der Waals surface area contributed by atoms with Gasteiger partial charge in [0.2, 0.25) is 11.8 Å². The highest BCUT2D eigenvalue weighted by Crippen LogP contribution is 2.47. The molecule has 0 aliphatic carbocycles. The van der Waals surface area contributed by atoms with E-state index in [4.69, 9.17) is 22.6 Å². The van der Waals surface area contributed by atoms with Crippen LogP contribution in [-0.2, 0) is 40.3 Å². The number of benzene rings is 2. The zero-order valence-electron chi connectivity index (χ0n) is 22.1. The van der Waals surface area contributed by atoms with Crippen LogP contribution >= 0.6 is 12.3 Å². The van der Waals surface area contributed by atoms with E-state index in [9.17, 15) is 9.59 Å². The number of hydrogen-bond donors (Lipinski definition) is 0. The van der Waals surface area contributed by atoms with Crippen molar-refractivity contribution in [3.63, 3.8) is 0 Å². The first kappa shape index (κ1) is 28.9. The van der Waals surface area contributed by atoms with Crippen molar-refractivity contribution >= 4 is 24.3 Å². The van der Waals surface area contributed by atoms with Crippen LogP contribution in [0.5, 0.6) is 11.8 Å². The minimum atomic E-state index is -1.67. The van der Waals surface area contributed by atoms with Gasteiger partial charge in [0.15, 0.2) is 11.2 Å². The maximum absolute atomic E-state index is 14.0. The Morgan fingerprint density at radius 1 is 0.868 bits per heavy atom. The van der Waals surface area contributed by atoms with Gasteiger partial charge < -0.3 is 22.6 Å². The number of carbonyl (C=O) groups is 2. The lowest BCUT2D eigenvalue weighted by atomic mass is 9.69. The molecular weight excluding hydrogens is 508 g/mol. The van der Waals surface area contributed by atoms with Crippen LogP contribution in [0.3, 0.4) is 0 Å². The topological polar surface area (TPSA) is 106 Å². The van der Waals surface area contributed by atoms with Gasteiger partial charge in [-0.25, -0.2) is 4.79 Å². The molecule has 0 saturated heterocycles. The third kappa shape index (κ3) is 6.43. The Morgan fingerprint density at radius 3 is 2.00 bits per heavy atom. The highest BCUT2D eigenvalue weighted by atomic mass is 32.2. The molecule has 1 aromatic heterocycles. The van der Waals surface area contributed by atoms with E-state index in [1.807, 2.05) is 67.6 Å². The third-order valence-corrected chi connectivity index (χ3v) is 6.77. The Labute approximate surface area is 227 Å². The van der Waals surface area contributed by atoms with Gasteiger partial charge in [0.25, 0.3) is 12.3 Å². The molecule has 9 nitrogen and oxygen atoms in total. The molecule has 0 aliphatic rings. The molecule has 3 rings (SSSR count). The van der Waals surface area contributed by atoms with Crippen LogP contribution in [0.1, 0.15) is 50.6 Å². The van der Waals surface area contributed by atoms with Crippen LogP contribution in [0.4, 0.5) is 0 Å². The number of hydrogen-bond acceptors (Lipinski definition) is 10. The average Bonchev–Trinajstić information content (AvgIpc) is 2.96. The van der Waals surface area contributed by atoms with Gasteiger partial charge >= 0.3 is 11.9 Å². The van der Waals surface area contributed by atoms with Crippen LogP contribution in [0.15, 0.2) is 66.7 Å². The van der Waals surface area contributed by atoms with Gasteiger partial charge in [-0.3, -0.25) is 4.79 Å². The standard InChI is InChI=1S/C28H32N2O7S/c1-6-13-24(31)36-38-37-26(32)27(2,25-29-22(33-4)18-23(30-25)34-5)28(3,21-16-11-8-12-17-21)35-19-20-14-9-7-10-15-20/h7-12,14-18H,6,13,19H2,1-5H3. The van der Waals surface area contributed by atoms with Gasteiger partial charge in [-0.1, -0.05) is 67.6 Å². The molecule has 2 unspecified atom stereocenters. The van der Waals surface area contributed by atoms with Gasteiger partial charge in [-0.2, -0.15) is 9.97 Å². The average molecular weight is 541 g/mol. The molecule has 0 aliphatic heterocycles. The molecular formula is C28H32N2O7S. The van der Waals surface area contributed by atoms with Crippen LogP contribution < -0.4 is 9.47 Å². The number of carbonyl (C=O) groups excluding carboxylic acids is 2. The van der Waals surface area contributed by atoms with Crippen molar-refractivity contribution in [3.8, 4) is 11.8 Å². The van der Waals surface area contributed by atoms with Crippen LogP contribution in [0.25, 0.3) is 0 Å². The van der Waals surface area contributed by atoms with E-state index in [0.717, 1.165) is 5.56 Å². The van der Waals surface area contributed by atoms with Crippen LogP contribution in [0.2, 0.25) is 0 Å². The smallest absolute Gasteiger partial charge is 0.337 e. The summed E-state index contributed by atoms with van der Waals surface area (Å²) in [4.78, 5) is 34.8. The molecule has 0 spiro atoms. The number of ether oxygens (including phenoxy) is 3. The molecule has 0 bridgehead atoms. The number of rotatable bonds is 13. The van der Waals surface area contributed by atoms with E-state index < -0.39 is 23.0 Å². The molecule has 0 amide bonds. The summed E-state index contributed by atoms with van der Waals surface area (Å²) in [7, 11) is 2.90. The third-order valence-electron chi connectivity index (χ3n) is 6.29. The Kier molecular flexibility index (Phi) is 10.1. The summed E-state index contributed by atoms with van der Waals surface area (Å²) in [5.41, 5.74) is -1.46. The van der Waals surface area contributed by atoms with E-state index in [1.165, 1.54) is 20.3 Å². The number of methoxy groups -OCH3 is 2. The second kappa shape index (κ2) is 13.3. The van der Waals surface area contributed by atoms with E-state index in [2.05, 4.69) is 9.97 Å². The predicted molar refractivity (Wildman–Crippen MR) is 142 cm³/mol. The summed E-state index contributed by atoms with van der Waals surface area (Å²) < 4.78 is 27.8. The van der Waals surface area contributed by atoms with Crippen molar-refractivity contribution < 1.29 is 32.2 Å². The molecule has 10 heteroatoms. The van der Waals surface area contributed by atoms with E-state index >= 15 is 0 Å². The van der Waals surface area contributed by atoms with Crippen molar-refractivity contribution in [2.45, 2.75) is 51.2 Å². The van der Waals surface area contributed by atoms with Gasteiger partial charge in [0.1, 0.15) is 5.60 Å². The van der Waals surface area contributed by atoms with Gasteiger partial charge in [-0.15, -0.1) is 0 Å². The predicted octanol–water partition coefficient (Wildman–Crippen LogP) is 5.33. The first-order chi connectivity index (χ1) is 18.3. The zero-order chi connectivity index (χ0) is 27.6. The lowest BCUT2D eigenvalue weighted by molar-refractivity contribution is -0.162. The molecule has 3 aromatic rings. The van der Waals surface area contributed by atoms with E-state index in [1.54, 1.807) is 13.8 Å². The monoisotopic (exact) mass is 540 g/mol. The molecule has 1 heterocycles. The number of aromatic nitrogens is 2. The maximum atomic E-state index is 14.0. The highest BCUT2D eigenvalue weighted by Gasteiger charge is 2.58. The summed E-state index contributed by atoms with van der Waals surface area (Å²) >= 11 is 0.304. The van der Waals surface area contributed by atoms with Crippen molar-refractivity contribution in [3.05, 3.63) is 83.7 Å². The molecule has 0 radical (unpaired) electrons. The van der Waals surface area contributed by atoms with Crippen LogP contribution in [0, 0.1) is 0 Å². The fourth-order valence-electron chi connectivity index (χ4n) is 3.83. The number of nitrogens with zero attached hydrogens (tertiary/aromatic N) is 2. The Hall–Kier alpha value is -3.63.